The number of hydrogen-bond acceptors (Lipinski definition) is 3. The average molecular weight is 386 g/mol. The minimum atomic E-state index is -4.50. The van der Waals surface area contributed by atoms with Crippen LogP contribution in [0.2, 0.25) is 0 Å². The van der Waals surface area contributed by atoms with Crippen LogP contribution in [0.1, 0.15) is 28.2 Å². The SMILES string of the molecule is O=C(N[C@@H]1CCn2nc(-c3ccnc(C(F)(F)F)c3)cc2C1)c1ccccc1. The number of aryl methyl sites for hydroxylation is 1. The van der Waals surface area contributed by atoms with Gasteiger partial charge in [-0.1, -0.05) is 18.2 Å². The van der Waals surface area contributed by atoms with E-state index in [0.29, 0.717) is 36.2 Å². The first-order chi connectivity index (χ1) is 13.4. The topological polar surface area (TPSA) is 59.8 Å². The first kappa shape index (κ1) is 18.2. The van der Waals surface area contributed by atoms with Crippen molar-refractivity contribution in [3.8, 4) is 11.3 Å². The number of pyridine rings is 1. The number of aromatic nitrogens is 3. The molecule has 1 N–H and O–H groups in total. The van der Waals surface area contributed by atoms with Crippen molar-refractivity contribution in [2.75, 3.05) is 0 Å². The molecule has 0 spiro atoms. The van der Waals surface area contributed by atoms with E-state index in [1.807, 2.05) is 6.07 Å². The minimum Gasteiger partial charge on any atom is -0.349 e. The number of carbonyl (C=O) groups is 1. The van der Waals surface area contributed by atoms with Gasteiger partial charge in [-0.2, -0.15) is 18.3 Å². The first-order valence-electron chi connectivity index (χ1n) is 8.86. The number of nitrogens with one attached hydrogen (secondary N) is 1. The Morgan fingerprint density at radius 3 is 2.68 bits per heavy atom. The number of nitrogens with zero attached hydrogens (tertiary/aromatic N) is 3. The standard InChI is InChI=1S/C20H17F3N4O/c21-20(22,23)18-10-14(6-8-24-18)17-12-16-11-15(7-9-27(16)26-17)25-19(28)13-4-2-1-3-5-13/h1-6,8,10,12,15H,7,9,11H2,(H,25,28)/t15-/m1/s1. The zero-order valence-electron chi connectivity index (χ0n) is 14.8. The van der Waals surface area contributed by atoms with E-state index in [4.69, 9.17) is 0 Å². The maximum Gasteiger partial charge on any atom is 0.433 e. The Hall–Kier alpha value is -3.16. The molecule has 0 saturated heterocycles. The predicted molar refractivity (Wildman–Crippen MR) is 96.5 cm³/mol. The number of rotatable bonds is 3. The molecule has 0 unspecified atom stereocenters. The molecule has 1 aliphatic heterocycles. The molecule has 3 heterocycles. The smallest absolute Gasteiger partial charge is 0.349 e. The highest BCUT2D eigenvalue weighted by atomic mass is 19.4. The van der Waals surface area contributed by atoms with Crippen molar-refractivity contribution >= 4 is 5.91 Å². The van der Waals surface area contributed by atoms with Crippen molar-refractivity contribution in [3.63, 3.8) is 0 Å². The van der Waals surface area contributed by atoms with Gasteiger partial charge < -0.3 is 5.32 Å². The van der Waals surface area contributed by atoms with Crippen LogP contribution in [0.25, 0.3) is 11.3 Å². The van der Waals surface area contributed by atoms with Gasteiger partial charge in [0.2, 0.25) is 0 Å². The summed E-state index contributed by atoms with van der Waals surface area (Å²) in [7, 11) is 0. The highest BCUT2D eigenvalue weighted by molar-refractivity contribution is 5.94. The zero-order chi connectivity index (χ0) is 19.7. The van der Waals surface area contributed by atoms with Crippen molar-refractivity contribution in [2.45, 2.75) is 31.6 Å². The number of fused-ring (bicyclic) bond motifs is 1. The van der Waals surface area contributed by atoms with Crippen molar-refractivity contribution in [1.82, 2.24) is 20.1 Å². The highest BCUT2D eigenvalue weighted by Crippen LogP contribution is 2.31. The summed E-state index contributed by atoms with van der Waals surface area (Å²) in [5.74, 6) is -0.136. The van der Waals surface area contributed by atoms with Gasteiger partial charge in [-0.15, -0.1) is 0 Å². The summed E-state index contributed by atoms with van der Waals surface area (Å²) >= 11 is 0. The molecule has 0 fully saturated rings. The fraction of sp³-hybridized carbons (Fsp3) is 0.250. The van der Waals surface area contributed by atoms with Crippen LogP contribution in [0, 0.1) is 0 Å². The molecule has 1 aromatic carbocycles. The van der Waals surface area contributed by atoms with Gasteiger partial charge in [0.1, 0.15) is 5.69 Å². The summed E-state index contributed by atoms with van der Waals surface area (Å²) in [6.45, 7) is 0.590. The lowest BCUT2D eigenvalue weighted by molar-refractivity contribution is -0.141. The molecule has 0 saturated carbocycles. The summed E-state index contributed by atoms with van der Waals surface area (Å²) in [6.07, 6.45) is -2.08. The maximum absolute atomic E-state index is 12.9. The molecule has 8 heteroatoms. The van der Waals surface area contributed by atoms with Gasteiger partial charge in [-0.25, -0.2) is 0 Å². The van der Waals surface area contributed by atoms with Gasteiger partial charge in [0.25, 0.3) is 5.91 Å². The highest BCUT2D eigenvalue weighted by Gasteiger charge is 2.33. The quantitative estimate of drug-likeness (QED) is 0.747. The van der Waals surface area contributed by atoms with E-state index in [0.717, 1.165) is 18.0 Å². The molecule has 2 aromatic heterocycles. The minimum absolute atomic E-state index is 0.0482. The molecule has 4 rings (SSSR count). The van der Waals surface area contributed by atoms with Crippen LogP contribution in [0.15, 0.2) is 54.7 Å². The summed E-state index contributed by atoms with van der Waals surface area (Å²) in [4.78, 5) is 15.7. The van der Waals surface area contributed by atoms with Crippen molar-refractivity contribution in [3.05, 3.63) is 71.7 Å². The lowest BCUT2D eigenvalue weighted by Gasteiger charge is -2.24. The van der Waals surface area contributed by atoms with Gasteiger partial charge in [0, 0.05) is 42.0 Å². The molecule has 0 aliphatic carbocycles. The van der Waals surface area contributed by atoms with Crippen LogP contribution in [-0.2, 0) is 19.1 Å². The third kappa shape index (κ3) is 3.76. The monoisotopic (exact) mass is 386 g/mol. The molecule has 0 bridgehead atoms. The van der Waals surface area contributed by atoms with E-state index in [9.17, 15) is 18.0 Å². The Balaban J connectivity index is 1.50. The van der Waals surface area contributed by atoms with Gasteiger partial charge in [0.05, 0.1) is 5.69 Å². The maximum atomic E-state index is 12.9. The second-order valence-corrected chi connectivity index (χ2v) is 6.70. The predicted octanol–water partition coefficient (Wildman–Crippen LogP) is 3.71. The van der Waals surface area contributed by atoms with Crippen LogP contribution in [0.5, 0.6) is 0 Å². The summed E-state index contributed by atoms with van der Waals surface area (Å²) in [6, 6.07) is 13.2. The third-order valence-corrected chi connectivity index (χ3v) is 4.73. The van der Waals surface area contributed by atoms with Crippen LogP contribution in [0.3, 0.4) is 0 Å². The lowest BCUT2D eigenvalue weighted by Crippen LogP contribution is -2.40. The number of amides is 1. The van der Waals surface area contributed by atoms with E-state index < -0.39 is 11.9 Å². The Bertz CT molecular complexity index is 998. The number of alkyl halides is 3. The molecule has 3 aromatic rings. The van der Waals surface area contributed by atoms with Crippen LogP contribution < -0.4 is 5.32 Å². The molecular weight excluding hydrogens is 369 g/mol. The van der Waals surface area contributed by atoms with Gasteiger partial charge in [0.15, 0.2) is 0 Å². The number of hydrogen-bond donors (Lipinski definition) is 1. The third-order valence-electron chi connectivity index (χ3n) is 4.73. The number of halogens is 3. The molecule has 0 radical (unpaired) electrons. The van der Waals surface area contributed by atoms with Gasteiger partial charge in [-0.3, -0.25) is 14.5 Å². The second-order valence-electron chi connectivity index (χ2n) is 6.70. The van der Waals surface area contributed by atoms with Crippen LogP contribution in [0.4, 0.5) is 13.2 Å². The average Bonchev–Trinajstić information content (AvgIpc) is 3.11. The van der Waals surface area contributed by atoms with E-state index >= 15 is 0 Å². The second kappa shape index (κ2) is 7.10. The number of carbonyl (C=O) groups excluding carboxylic acids is 1. The Labute approximate surface area is 159 Å². The summed E-state index contributed by atoms with van der Waals surface area (Å²) in [5.41, 5.74) is 1.37. The van der Waals surface area contributed by atoms with E-state index in [1.54, 1.807) is 35.0 Å². The van der Waals surface area contributed by atoms with E-state index in [1.165, 1.54) is 6.07 Å². The lowest BCUT2D eigenvalue weighted by atomic mass is 10.0. The van der Waals surface area contributed by atoms with Crippen molar-refractivity contribution < 1.29 is 18.0 Å². The normalized spacial score (nSPS) is 16.5. The molecule has 5 nitrogen and oxygen atoms in total. The fourth-order valence-electron chi connectivity index (χ4n) is 3.31. The van der Waals surface area contributed by atoms with Crippen molar-refractivity contribution in [2.24, 2.45) is 0 Å². The van der Waals surface area contributed by atoms with Gasteiger partial charge in [-0.05, 0) is 36.8 Å². The Kier molecular flexibility index (Phi) is 4.62. The van der Waals surface area contributed by atoms with E-state index in [2.05, 4.69) is 15.4 Å². The van der Waals surface area contributed by atoms with Crippen LogP contribution >= 0.6 is 0 Å². The Morgan fingerprint density at radius 2 is 1.93 bits per heavy atom. The molecule has 1 atom stereocenters. The fourth-order valence-corrected chi connectivity index (χ4v) is 3.31. The summed E-state index contributed by atoms with van der Waals surface area (Å²) in [5, 5.41) is 7.44. The van der Waals surface area contributed by atoms with Gasteiger partial charge >= 0.3 is 6.18 Å². The Morgan fingerprint density at radius 1 is 1.14 bits per heavy atom. The molecular formula is C20H17F3N4O. The summed E-state index contributed by atoms with van der Waals surface area (Å²) < 4.78 is 40.5. The number of benzene rings is 1. The zero-order valence-corrected chi connectivity index (χ0v) is 14.8. The first-order valence-corrected chi connectivity index (χ1v) is 8.86. The molecule has 144 valence electrons. The van der Waals surface area contributed by atoms with Crippen LogP contribution in [-0.4, -0.2) is 26.7 Å². The molecule has 1 aliphatic rings. The largest absolute Gasteiger partial charge is 0.433 e. The molecule has 28 heavy (non-hydrogen) atoms. The molecule has 1 amide bonds. The van der Waals surface area contributed by atoms with Crippen molar-refractivity contribution in [1.29, 1.82) is 0 Å². The van der Waals surface area contributed by atoms with E-state index in [-0.39, 0.29) is 11.9 Å².